The molecule has 0 atom stereocenters. The standard InChI is InChI=1S/C41H42O7/c42-40(43)17-10-26-46-38-22-24-39(25-23-38)48-32-30-45-28-27-44-29-31-47-37-20-18-36(19-21-37)41(33-11-4-1-5-12-33,34-13-6-2-7-14-34)35-15-8-3-9-16-35/h1-9,11-16,18-25H,10,17,26-32H2,(H,42,43). The second kappa shape index (κ2) is 18.3. The molecule has 0 saturated heterocycles. The summed E-state index contributed by atoms with van der Waals surface area (Å²) >= 11 is 0. The van der Waals surface area contributed by atoms with Crippen LogP contribution in [0.3, 0.4) is 0 Å². The van der Waals surface area contributed by atoms with E-state index >= 15 is 0 Å². The number of hydrogen-bond acceptors (Lipinski definition) is 6. The third kappa shape index (κ3) is 9.47. The molecule has 0 amide bonds. The van der Waals surface area contributed by atoms with Crippen molar-refractivity contribution in [2.24, 2.45) is 0 Å². The molecule has 5 aromatic rings. The molecule has 0 aliphatic rings. The van der Waals surface area contributed by atoms with Crippen molar-refractivity contribution >= 4 is 5.97 Å². The molecule has 0 aliphatic heterocycles. The first-order valence-electron chi connectivity index (χ1n) is 16.3. The van der Waals surface area contributed by atoms with Crippen LogP contribution >= 0.6 is 0 Å². The van der Waals surface area contributed by atoms with Crippen LogP contribution in [-0.2, 0) is 19.7 Å². The molecule has 0 bridgehead atoms. The van der Waals surface area contributed by atoms with E-state index in [0.29, 0.717) is 64.2 Å². The van der Waals surface area contributed by atoms with E-state index in [0.717, 1.165) is 11.3 Å². The fourth-order valence-electron chi connectivity index (χ4n) is 5.67. The summed E-state index contributed by atoms with van der Waals surface area (Å²) in [5.74, 6) is 1.36. The smallest absolute Gasteiger partial charge is 0.303 e. The number of ether oxygens (including phenoxy) is 5. The molecular weight excluding hydrogens is 604 g/mol. The Morgan fingerprint density at radius 3 is 1.17 bits per heavy atom. The van der Waals surface area contributed by atoms with Crippen LogP contribution in [0, 0.1) is 0 Å². The van der Waals surface area contributed by atoms with Crippen LogP contribution in [-0.4, -0.2) is 57.3 Å². The minimum Gasteiger partial charge on any atom is -0.494 e. The van der Waals surface area contributed by atoms with Gasteiger partial charge < -0.3 is 28.8 Å². The number of carboxylic acid groups (broad SMARTS) is 1. The summed E-state index contributed by atoms with van der Waals surface area (Å²) in [5, 5.41) is 8.68. The molecule has 0 heterocycles. The summed E-state index contributed by atoms with van der Waals surface area (Å²) in [6, 6.07) is 47.6. The fraction of sp³-hybridized carbons (Fsp3) is 0.244. The Kier molecular flexibility index (Phi) is 13.0. The van der Waals surface area contributed by atoms with Gasteiger partial charge >= 0.3 is 5.97 Å². The van der Waals surface area contributed by atoms with E-state index in [1.54, 1.807) is 12.1 Å². The Balaban J connectivity index is 1.04. The van der Waals surface area contributed by atoms with Gasteiger partial charge in [-0.15, -0.1) is 0 Å². The van der Waals surface area contributed by atoms with Gasteiger partial charge in [-0.05, 0) is 65.1 Å². The van der Waals surface area contributed by atoms with E-state index in [4.69, 9.17) is 28.8 Å². The quantitative estimate of drug-likeness (QED) is 0.0682. The van der Waals surface area contributed by atoms with E-state index < -0.39 is 11.4 Å². The first-order valence-corrected chi connectivity index (χ1v) is 16.3. The van der Waals surface area contributed by atoms with Crippen molar-refractivity contribution in [3.63, 3.8) is 0 Å². The van der Waals surface area contributed by atoms with Gasteiger partial charge in [-0.2, -0.15) is 0 Å². The highest BCUT2D eigenvalue weighted by Gasteiger charge is 2.38. The zero-order chi connectivity index (χ0) is 33.3. The zero-order valence-electron chi connectivity index (χ0n) is 27.0. The minimum atomic E-state index is -0.822. The van der Waals surface area contributed by atoms with Crippen LogP contribution in [0.15, 0.2) is 140 Å². The third-order valence-corrected chi connectivity index (χ3v) is 7.90. The van der Waals surface area contributed by atoms with Crippen molar-refractivity contribution in [3.05, 3.63) is 162 Å². The Bertz CT molecular complexity index is 1530. The Hall–Kier alpha value is -5.11. The lowest BCUT2D eigenvalue weighted by Crippen LogP contribution is -2.30. The molecule has 0 aliphatic carbocycles. The lowest BCUT2D eigenvalue weighted by molar-refractivity contribution is -0.137. The molecule has 1 N–H and O–H groups in total. The van der Waals surface area contributed by atoms with Gasteiger partial charge in [0.1, 0.15) is 30.5 Å². The summed E-state index contributed by atoms with van der Waals surface area (Å²) < 4.78 is 28.6. The predicted octanol–water partition coefficient (Wildman–Crippen LogP) is 7.80. The summed E-state index contributed by atoms with van der Waals surface area (Å²) in [5.41, 5.74) is 4.27. The molecule has 0 spiro atoms. The fourth-order valence-corrected chi connectivity index (χ4v) is 5.67. The average molecular weight is 647 g/mol. The van der Waals surface area contributed by atoms with E-state index in [1.165, 1.54) is 16.7 Å². The van der Waals surface area contributed by atoms with Crippen LogP contribution in [0.2, 0.25) is 0 Å². The average Bonchev–Trinajstić information content (AvgIpc) is 3.14. The van der Waals surface area contributed by atoms with Crippen LogP contribution in [0.4, 0.5) is 0 Å². The number of benzene rings is 5. The molecule has 0 unspecified atom stereocenters. The molecule has 5 rings (SSSR count). The maximum absolute atomic E-state index is 10.6. The second-order valence-electron chi connectivity index (χ2n) is 11.1. The van der Waals surface area contributed by atoms with Gasteiger partial charge in [0, 0.05) is 6.42 Å². The minimum absolute atomic E-state index is 0.0939. The third-order valence-electron chi connectivity index (χ3n) is 7.90. The van der Waals surface area contributed by atoms with Gasteiger partial charge in [-0.25, -0.2) is 0 Å². The monoisotopic (exact) mass is 646 g/mol. The molecule has 5 aromatic carbocycles. The van der Waals surface area contributed by atoms with Gasteiger partial charge in [0.25, 0.3) is 0 Å². The van der Waals surface area contributed by atoms with E-state index in [9.17, 15) is 4.79 Å². The lowest BCUT2D eigenvalue weighted by atomic mass is 9.65. The summed E-state index contributed by atoms with van der Waals surface area (Å²) in [6.45, 7) is 3.03. The van der Waals surface area contributed by atoms with Crippen molar-refractivity contribution in [1.29, 1.82) is 0 Å². The highest BCUT2D eigenvalue weighted by molar-refractivity contribution is 5.66. The van der Waals surface area contributed by atoms with Crippen molar-refractivity contribution in [2.75, 3.05) is 46.2 Å². The van der Waals surface area contributed by atoms with Crippen molar-refractivity contribution in [1.82, 2.24) is 0 Å². The van der Waals surface area contributed by atoms with Crippen LogP contribution in [0.1, 0.15) is 35.1 Å². The number of carbonyl (C=O) groups is 1. The molecular formula is C41H42O7. The van der Waals surface area contributed by atoms with Crippen LogP contribution < -0.4 is 14.2 Å². The molecule has 248 valence electrons. The van der Waals surface area contributed by atoms with Gasteiger partial charge in [-0.1, -0.05) is 103 Å². The van der Waals surface area contributed by atoms with E-state index in [-0.39, 0.29) is 6.42 Å². The molecule has 0 fully saturated rings. The molecule has 0 aromatic heterocycles. The summed E-state index contributed by atoms with van der Waals surface area (Å²) in [6.07, 6.45) is 0.563. The molecule has 7 nitrogen and oxygen atoms in total. The molecule has 7 heteroatoms. The first-order chi connectivity index (χ1) is 23.7. The number of rotatable bonds is 20. The van der Waals surface area contributed by atoms with Gasteiger partial charge in [-0.3, -0.25) is 4.79 Å². The maximum atomic E-state index is 10.6. The van der Waals surface area contributed by atoms with Crippen molar-refractivity contribution in [3.8, 4) is 17.2 Å². The number of carboxylic acids is 1. The van der Waals surface area contributed by atoms with E-state index in [2.05, 4.69) is 103 Å². The first kappa shape index (κ1) is 34.2. The number of hydrogen-bond donors (Lipinski definition) is 1. The van der Waals surface area contributed by atoms with Gasteiger partial charge in [0.2, 0.25) is 0 Å². The van der Waals surface area contributed by atoms with Crippen LogP contribution in [0.25, 0.3) is 0 Å². The van der Waals surface area contributed by atoms with Crippen molar-refractivity contribution in [2.45, 2.75) is 18.3 Å². The van der Waals surface area contributed by atoms with Crippen LogP contribution in [0.5, 0.6) is 17.2 Å². The SMILES string of the molecule is O=C(O)CCCOc1ccc(OCCOCCOCCOc2ccc(C(c3ccccc3)(c3ccccc3)c3ccccc3)cc2)cc1. The lowest BCUT2D eigenvalue weighted by Gasteiger charge is -2.36. The predicted molar refractivity (Wildman–Crippen MR) is 186 cm³/mol. The highest BCUT2D eigenvalue weighted by Crippen LogP contribution is 2.45. The molecule has 48 heavy (non-hydrogen) atoms. The Labute approximate surface area is 282 Å². The zero-order valence-corrected chi connectivity index (χ0v) is 27.0. The summed E-state index contributed by atoms with van der Waals surface area (Å²) in [4.78, 5) is 10.6. The normalized spacial score (nSPS) is 11.2. The Morgan fingerprint density at radius 2 is 0.771 bits per heavy atom. The number of aliphatic carboxylic acids is 1. The largest absolute Gasteiger partial charge is 0.494 e. The highest BCUT2D eigenvalue weighted by atomic mass is 16.6. The van der Waals surface area contributed by atoms with Gasteiger partial charge in [0.05, 0.1) is 38.4 Å². The topological polar surface area (TPSA) is 83.5 Å². The van der Waals surface area contributed by atoms with Crippen molar-refractivity contribution < 1.29 is 33.6 Å². The second-order valence-corrected chi connectivity index (χ2v) is 11.1. The van der Waals surface area contributed by atoms with E-state index in [1.807, 2.05) is 24.3 Å². The molecule has 0 radical (unpaired) electrons. The maximum Gasteiger partial charge on any atom is 0.303 e. The van der Waals surface area contributed by atoms with Gasteiger partial charge in [0.15, 0.2) is 0 Å². The Morgan fingerprint density at radius 1 is 0.438 bits per heavy atom. The summed E-state index contributed by atoms with van der Waals surface area (Å²) in [7, 11) is 0. The molecule has 0 saturated carbocycles.